The Kier molecular flexibility index (Phi) is 5.73. The molecule has 1 fully saturated rings. The summed E-state index contributed by atoms with van der Waals surface area (Å²) in [7, 11) is 0. The van der Waals surface area contributed by atoms with Crippen LogP contribution in [-0.4, -0.2) is 36.2 Å². The molecule has 1 aliphatic rings. The summed E-state index contributed by atoms with van der Waals surface area (Å²) in [6.45, 7) is 5.54. The van der Waals surface area contributed by atoms with E-state index in [1.54, 1.807) is 0 Å². The molecule has 1 atom stereocenters. The van der Waals surface area contributed by atoms with Gasteiger partial charge in [0.15, 0.2) is 5.17 Å². The minimum atomic E-state index is 0.287. The number of rotatable bonds is 6. The third-order valence-electron chi connectivity index (χ3n) is 2.87. The van der Waals surface area contributed by atoms with Gasteiger partial charge in [0.25, 0.3) is 0 Å². The highest BCUT2D eigenvalue weighted by Crippen LogP contribution is 2.17. The van der Waals surface area contributed by atoms with E-state index in [0.717, 1.165) is 23.9 Å². The Bertz CT molecular complexity index is 406. The molecule has 2 rings (SSSR count). The van der Waals surface area contributed by atoms with E-state index in [0.29, 0.717) is 12.6 Å². The number of hydrogen-bond donors (Lipinski definition) is 1. The molecule has 1 N–H and O–H groups in total. The number of ether oxygens (including phenoxy) is 1. The van der Waals surface area contributed by atoms with E-state index in [-0.39, 0.29) is 6.10 Å². The van der Waals surface area contributed by atoms with Crippen LogP contribution in [-0.2, 0) is 11.2 Å². The van der Waals surface area contributed by atoms with Gasteiger partial charge in [-0.3, -0.25) is 4.99 Å². The highest BCUT2D eigenvalue weighted by Gasteiger charge is 2.19. The normalized spacial score (nSPS) is 21.0. The smallest absolute Gasteiger partial charge is 0.156 e. The summed E-state index contributed by atoms with van der Waals surface area (Å²) in [6.07, 6.45) is 1.35. The van der Waals surface area contributed by atoms with Gasteiger partial charge in [-0.2, -0.15) is 0 Å². The molecule has 0 aliphatic carbocycles. The molecule has 4 heteroatoms. The molecule has 0 aromatic heterocycles. The lowest BCUT2D eigenvalue weighted by atomic mass is 10.1. The molecule has 3 nitrogen and oxygen atoms in total. The molecule has 0 radical (unpaired) electrons. The minimum absolute atomic E-state index is 0.287. The average molecular weight is 278 g/mol. The van der Waals surface area contributed by atoms with Crippen LogP contribution in [0.3, 0.4) is 0 Å². The van der Waals surface area contributed by atoms with Crippen LogP contribution in [0.2, 0.25) is 0 Å². The molecule has 0 bridgehead atoms. The summed E-state index contributed by atoms with van der Waals surface area (Å²) in [6, 6.07) is 11.1. The molecule has 1 heterocycles. The van der Waals surface area contributed by atoms with Crippen LogP contribution < -0.4 is 5.32 Å². The predicted molar refractivity (Wildman–Crippen MR) is 82.9 cm³/mol. The fourth-order valence-corrected chi connectivity index (χ4v) is 2.97. The van der Waals surface area contributed by atoms with Crippen molar-refractivity contribution in [3.63, 3.8) is 0 Å². The molecule has 1 aromatic carbocycles. The lowest BCUT2D eigenvalue weighted by molar-refractivity contribution is 0.0853. The average Bonchev–Trinajstić information content (AvgIpc) is 2.83. The molecule has 1 saturated heterocycles. The Hall–Kier alpha value is -1.00. The van der Waals surface area contributed by atoms with Crippen molar-refractivity contribution in [3.05, 3.63) is 35.9 Å². The number of hydrogen-bond acceptors (Lipinski definition) is 3. The third-order valence-corrected chi connectivity index (χ3v) is 3.96. The first-order valence-corrected chi connectivity index (χ1v) is 7.82. The second-order valence-corrected chi connectivity index (χ2v) is 5.96. The van der Waals surface area contributed by atoms with Gasteiger partial charge in [-0.25, -0.2) is 0 Å². The second-order valence-electron chi connectivity index (χ2n) is 4.95. The van der Waals surface area contributed by atoms with Crippen molar-refractivity contribution in [2.75, 3.05) is 18.9 Å². The Morgan fingerprint density at radius 3 is 2.89 bits per heavy atom. The standard InChI is InChI=1S/C15H22N2OS/c1-12(2)18-9-8-16-15-17-14(11-19-15)10-13-6-4-3-5-7-13/h3-7,12,14H,8-11H2,1-2H3,(H,16,17). The maximum absolute atomic E-state index is 5.48. The van der Waals surface area contributed by atoms with Gasteiger partial charge in [-0.15, -0.1) is 0 Å². The number of nitrogens with zero attached hydrogens (tertiary/aromatic N) is 1. The zero-order valence-electron chi connectivity index (χ0n) is 11.6. The topological polar surface area (TPSA) is 33.6 Å². The van der Waals surface area contributed by atoms with Gasteiger partial charge < -0.3 is 10.1 Å². The highest BCUT2D eigenvalue weighted by molar-refractivity contribution is 8.14. The monoisotopic (exact) mass is 278 g/mol. The lowest BCUT2D eigenvalue weighted by Crippen LogP contribution is -2.29. The van der Waals surface area contributed by atoms with E-state index in [2.05, 4.69) is 40.6 Å². The molecule has 104 valence electrons. The Morgan fingerprint density at radius 1 is 1.37 bits per heavy atom. The maximum Gasteiger partial charge on any atom is 0.156 e. The fraction of sp³-hybridized carbons (Fsp3) is 0.533. The molecule has 0 spiro atoms. The number of amidine groups is 1. The fourth-order valence-electron chi connectivity index (χ4n) is 1.97. The van der Waals surface area contributed by atoms with Crippen molar-refractivity contribution in [1.82, 2.24) is 5.32 Å². The summed E-state index contributed by atoms with van der Waals surface area (Å²) in [5.74, 6) is 1.10. The Balaban J connectivity index is 1.72. The molecule has 0 amide bonds. The summed E-state index contributed by atoms with van der Waals surface area (Å²) in [5, 5.41) is 4.55. The van der Waals surface area contributed by atoms with Crippen LogP contribution in [0.4, 0.5) is 0 Å². The summed E-state index contributed by atoms with van der Waals surface area (Å²) in [4.78, 5) is 4.53. The predicted octanol–water partition coefficient (Wildman–Crippen LogP) is 2.72. The van der Waals surface area contributed by atoms with Crippen molar-refractivity contribution in [1.29, 1.82) is 0 Å². The molecular formula is C15H22N2OS. The van der Waals surface area contributed by atoms with Crippen molar-refractivity contribution in [2.24, 2.45) is 4.99 Å². The Labute approximate surface area is 119 Å². The van der Waals surface area contributed by atoms with Crippen LogP contribution in [0.25, 0.3) is 0 Å². The summed E-state index contributed by atoms with van der Waals surface area (Å²) < 4.78 is 5.48. The first-order chi connectivity index (χ1) is 9.24. The van der Waals surface area contributed by atoms with E-state index in [1.165, 1.54) is 5.56 Å². The van der Waals surface area contributed by atoms with E-state index in [4.69, 9.17) is 4.74 Å². The number of benzene rings is 1. The van der Waals surface area contributed by atoms with E-state index in [9.17, 15) is 0 Å². The number of nitrogens with one attached hydrogen (secondary N) is 1. The molecular weight excluding hydrogens is 256 g/mol. The Morgan fingerprint density at radius 2 is 2.16 bits per heavy atom. The lowest BCUT2D eigenvalue weighted by Gasteiger charge is -2.09. The van der Waals surface area contributed by atoms with Crippen LogP contribution >= 0.6 is 11.8 Å². The zero-order valence-corrected chi connectivity index (χ0v) is 12.5. The number of aliphatic imine (C=N–C) groups is 1. The van der Waals surface area contributed by atoms with Crippen LogP contribution in [0, 0.1) is 0 Å². The first kappa shape index (κ1) is 14.4. The van der Waals surface area contributed by atoms with Crippen molar-refractivity contribution < 1.29 is 4.74 Å². The van der Waals surface area contributed by atoms with Crippen molar-refractivity contribution in [2.45, 2.75) is 32.4 Å². The molecule has 1 aromatic rings. The zero-order chi connectivity index (χ0) is 13.5. The maximum atomic E-state index is 5.48. The van der Waals surface area contributed by atoms with Gasteiger partial charge in [0.2, 0.25) is 0 Å². The van der Waals surface area contributed by atoms with Crippen LogP contribution in [0.1, 0.15) is 19.4 Å². The van der Waals surface area contributed by atoms with Gasteiger partial charge in [0, 0.05) is 11.8 Å². The first-order valence-electron chi connectivity index (χ1n) is 6.83. The summed E-state index contributed by atoms with van der Waals surface area (Å²) >= 11 is 1.81. The largest absolute Gasteiger partial charge is 0.377 e. The van der Waals surface area contributed by atoms with Gasteiger partial charge in [-0.05, 0) is 25.8 Å². The number of thioether (sulfide) groups is 1. The quantitative estimate of drug-likeness (QED) is 0.812. The van der Waals surface area contributed by atoms with E-state index >= 15 is 0 Å². The second kappa shape index (κ2) is 7.56. The van der Waals surface area contributed by atoms with Crippen molar-refractivity contribution in [3.8, 4) is 0 Å². The molecule has 1 aliphatic heterocycles. The molecule has 1 unspecified atom stereocenters. The van der Waals surface area contributed by atoms with E-state index in [1.807, 2.05) is 25.6 Å². The van der Waals surface area contributed by atoms with Gasteiger partial charge in [0.1, 0.15) is 0 Å². The SMILES string of the molecule is CC(C)OCCN=C1NC(Cc2ccccc2)CS1. The highest BCUT2D eigenvalue weighted by atomic mass is 32.2. The summed E-state index contributed by atoms with van der Waals surface area (Å²) in [5.41, 5.74) is 1.38. The van der Waals surface area contributed by atoms with Gasteiger partial charge in [-0.1, -0.05) is 42.1 Å². The van der Waals surface area contributed by atoms with Gasteiger partial charge >= 0.3 is 0 Å². The van der Waals surface area contributed by atoms with E-state index < -0.39 is 0 Å². The van der Waals surface area contributed by atoms with Crippen molar-refractivity contribution >= 4 is 16.9 Å². The molecule has 19 heavy (non-hydrogen) atoms. The van der Waals surface area contributed by atoms with Crippen LogP contribution in [0.5, 0.6) is 0 Å². The molecule has 0 saturated carbocycles. The van der Waals surface area contributed by atoms with Gasteiger partial charge in [0.05, 0.1) is 19.3 Å². The van der Waals surface area contributed by atoms with Crippen LogP contribution in [0.15, 0.2) is 35.3 Å². The minimum Gasteiger partial charge on any atom is -0.377 e. The third kappa shape index (κ3) is 5.25.